The molecule has 35 heavy (non-hydrogen) atoms. The van der Waals surface area contributed by atoms with E-state index in [0.29, 0.717) is 19.4 Å². The SMILES string of the molecule is CC(C)(C)NC(=O)[C@@H]1CCCN1C(=O)[C@@H](O)[C@H](Cc1ccccc1)NC(=O)OCc1ccccc1. The third kappa shape index (κ3) is 7.82. The van der Waals surface area contributed by atoms with Crippen molar-refractivity contribution in [3.05, 3.63) is 71.8 Å². The lowest BCUT2D eigenvalue weighted by molar-refractivity contribution is -0.146. The fourth-order valence-corrected chi connectivity index (χ4v) is 4.12. The number of carbonyl (C=O) groups is 3. The first-order valence-corrected chi connectivity index (χ1v) is 12.0. The lowest BCUT2D eigenvalue weighted by atomic mass is 10.00. The Balaban J connectivity index is 1.71. The maximum absolute atomic E-state index is 13.3. The molecule has 3 amide bonds. The first-order valence-electron chi connectivity index (χ1n) is 12.0. The summed E-state index contributed by atoms with van der Waals surface area (Å²) in [5.41, 5.74) is 1.23. The van der Waals surface area contributed by atoms with Gasteiger partial charge in [0, 0.05) is 12.1 Å². The van der Waals surface area contributed by atoms with Crippen LogP contribution in [-0.4, -0.2) is 58.2 Å². The number of carbonyl (C=O) groups excluding carboxylic acids is 3. The average molecular weight is 482 g/mol. The Kier molecular flexibility index (Phi) is 8.87. The van der Waals surface area contributed by atoms with Crippen molar-refractivity contribution in [2.24, 2.45) is 0 Å². The molecule has 0 aliphatic carbocycles. The Morgan fingerprint density at radius 2 is 1.63 bits per heavy atom. The van der Waals surface area contributed by atoms with Gasteiger partial charge in [0.15, 0.2) is 6.10 Å². The van der Waals surface area contributed by atoms with Gasteiger partial charge in [-0.2, -0.15) is 0 Å². The quantitative estimate of drug-likeness (QED) is 0.537. The molecule has 0 aromatic heterocycles. The molecular formula is C27H35N3O5. The molecule has 1 fully saturated rings. The Bertz CT molecular complexity index is 991. The molecule has 1 aliphatic rings. The van der Waals surface area contributed by atoms with Gasteiger partial charge in [-0.25, -0.2) is 4.79 Å². The van der Waals surface area contributed by atoms with Crippen LogP contribution in [0.25, 0.3) is 0 Å². The minimum Gasteiger partial charge on any atom is -0.445 e. The van der Waals surface area contributed by atoms with E-state index in [-0.39, 0.29) is 18.9 Å². The number of hydrogen-bond donors (Lipinski definition) is 3. The van der Waals surface area contributed by atoms with Crippen molar-refractivity contribution in [3.8, 4) is 0 Å². The summed E-state index contributed by atoms with van der Waals surface area (Å²) in [7, 11) is 0. The van der Waals surface area contributed by atoms with Crippen LogP contribution in [0.15, 0.2) is 60.7 Å². The molecule has 0 saturated carbocycles. The first kappa shape index (κ1) is 26.2. The molecule has 0 bridgehead atoms. The number of aliphatic hydroxyl groups excluding tert-OH is 1. The van der Waals surface area contributed by atoms with Gasteiger partial charge >= 0.3 is 6.09 Å². The van der Waals surface area contributed by atoms with Crippen LogP contribution in [-0.2, 0) is 27.4 Å². The molecule has 1 aliphatic heterocycles. The molecule has 188 valence electrons. The number of benzene rings is 2. The van der Waals surface area contributed by atoms with E-state index in [0.717, 1.165) is 11.1 Å². The lowest BCUT2D eigenvalue weighted by Crippen LogP contribution is -2.57. The summed E-state index contributed by atoms with van der Waals surface area (Å²) in [5.74, 6) is -0.828. The van der Waals surface area contributed by atoms with Crippen molar-refractivity contribution < 1.29 is 24.2 Å². The van der Waals surface area contributed by atoms with Crippen molar-refractivity contribution in [3.63, 3.8) is 0 Å². The van der Waals surface area contributed by atoms with E-state index in [4.69, 9.17) is 4.74 Å². The number of aliphatic hydroxyl groups is 1. The summed E-state index contributed by atoms with van der Waals surface area (Å²) in [6, 6.07) is 16.9. The Morgan fingerprint density at radius 3 is 2.23 bits per heavy atom. The Labute approximate surface area is 206 Å². The van der Waals surface area contributed by atoms with E-state index in [1.807, 2.05) is 81.4 Å². The van der Waals surface area contributed by atoms with Crippen LogP contribution in [0.1, 0.15) is 44.7 Å². The van der Waals surface area contributed by atoms with Crippen molar-refractivity contribution in [1.82, 2.24) is 15.5 Å². The third-order valence-corrected chi connectivity index (χ3v) is 5.79. The van der Waals surface area contributed by atoms with Gasteiger partial charge in [-0.05, 0) is 51.2 Å². The summed E-state index contributed by atoms with van der Waals surface area (Å²) in [6.07, 6.45) is -0.860. The third-order valence-electron chi connectivity index (χ3n) is 5.79. The summed E-state index contributed by atoms with van der Waals surface area (Å²) < 4.78 is 5.32. The molecule has 0 spiro atoms. The minimum atomic E-state index is -1.54. The summed E-state index contributed by atoms with van der Waals surface area (Å²) in [5, 5.41) is 16.6. The van der Waals surface area contributed by atoms with Crippen LogP contribution in [0.3, 0.4) is 0 Å². The predicted octanol–water partition coefficient (Wildman–Crippen LogP) is 2.79. The number of likely N-dealkylation sites (tertiary alicyclic amines) is 1. The lowest BCUT2D eigenvalue weighted by Gasteiger charge is -2.31. The van der Waals surface area contributed by atoms with Gasteiger partial charge in [-0.1, -0.05) is 60.7 Å². The van der Waals surface area contributed by atoms with Crippen LogP contribution in [0.4, 0.5) is 4.79 Å². The Hall–Kier alpha value is -3.39. The predicted molar refractivity (Wildman–Crippen MR) is 132 cm³/mol. The molecule has 8 heteroatoms. The van der Waals surface area contributed by atoms with Gasteiger partial charge in [-0.3, -0.25) is 9.59 Å². The van der Waals surface area contributed by atoms with Crippen LogP contribution < -0.4 is 10.6 Å². The molecule has 3 rings (SSSR count). The maximum atomic E-state index is 13.3. The molecule has 1 saturated heterocycles. The van der Waals surface area contributed by atoms with Crippen molar-refractivity contribution >= 4 is 17.9 Å². The molecule has 8 nitrogen and oxygen atoms in total. The molecule has 0 radical (unpaired) electrons. The number of amides is 3. The molecule has 2 aromatic rings. The van der Waals surface area contributed by atoms with E-state index in [9.17, 15) is 19.5 Å². The highest BCUT2D eigenvalue weighted by molar-refractivity contribution is 5.90. The average Bonchev–Trinajstić information content (AvgIpc) is 3.32. The highest BCUT2D eigenvalue weighted by Crippen LogP contribution is 2.21. The number of nitrogens with zero attached hydrogens (tertiary/aromatic N) is 1. The number of rotatable bonds is 8. The fourth-order valence-electron chi connectivity index (χ4n) is 4.12. The molecular weight excluding hydrogens is 446 g/mol. The standard InChI is InChI=1S/C27H35N3O5/c1-27(2,3)29-24(32)22-15-10-16-30(22)25(33)23(31)21(17-19-11-6-4-7-12-19)28-26(34)35-18-20-13-8-5-9-14-20/h4-9,11-14,21-23,31H,10,15-18H2,1-3H3,(H,28,34)(H,29,32)/t21-,22-,23-/m0/s1. The van der Waals surface area contributed by atoms with Gasteiger partial charge < -0.3 is 25.4 Å². The molecule has 3 N–H and O–H groups in total. The van der Waals surface area contributed by atoms with Crippen LogP contribution >= 0.6 is 0 Å². The van der Waals surface area contributed by atoms with Crippen LogP contribution in [0, 0.1) is 0 Å². The monoisotopic (exact) mass is 481 g/mol. The zero-order valence-electron chi connectivity index (χ0n) is 20.6. The van der Waals surface area contributed by atoms with Gasteiger partial charge in [0.05, 0.1) is 6.04 Å². The number of ether oxygens (including phenoxy) is 1. The summed E-state index contributed by atoms with van der Waals surface area (Å²) in [6.45, 7) is 6.07. The summed E-state index contributed by atoms with van der Waals surface area (Å²) in [4.78, 5) is 40.1. The number of alkyl carbamates (subject to hydrolysis) is 1. The van der Waals surface area contributed by atoms with Gasteiger partial charge in [0.1, 0.15) is 12.6 Å². The van der Waals surface area contributed by atoms with Gasteiger partial charge in [0.25, 0.3) is 5.91 Å². The van der Waals surface area contributed by atoms with E-state index >= 15 is 0 Å². The molecule has 1 heterocycles. The van der Waals surface area contributed by atoms with E-state index in [1.165, 1.54) is 4.90 Å². The largest absolute Gasteiger partial charge is 0.445 e. The van der Waals surface area contributed by atoms with Crippen molar-refractivity contribution in [2.45, 2.75) is 70.4 Å². The maximum Gasteiger partial charge on any atom is 0.407 e. The number of nitrogens with one attached hydrogen (secondary N) is 2. The molecule has 2 aromatic carbocycles. The summed E-state index contributed by atoms with van der Waals surface area (Å²) >= 11 is 0. The van der Waals surface area contributed by atoms with Crippen molar-refractivity contribution in [2.75, 3.05) is 6.54 Å². The van der Waals surface area contributed by atoms with Gasteiger partial charge in [-0.15, -0.1) is 0 Å². The van der Waals surface area contributed by atoms with E-state index < -0.39 is 35.7 Å². The van der Waals surface area contributed by atoms with E-state index in [1.54, 1.807) is 0 Å². The molecule has 3 atom stereocenters. The normalized spacial score (nSPS) is 17.4. The second kappa shape index (κ2) is 11.8. The fraction of sp³-hybridized carbons (Fsp3) is 0.444. The second-order valence-electron chi connectivity index (χ2n) is 9.88. The minimum absolute atomic E-state index is 0.0654. The zero-order valence-corrected chi connectivity index (χ0v) is 20.6. The van der Waals surface area contributed by atoms with E-state index in [2.05, 4.69) is 10.6 Å². The topological polar surface area (TPSA) is 108 Å². The van der Waals surface area contributed by atoms with Crippen molar-refractivity contribution in [1.29, 1.82) is 0 Å². The highest BCUT2D eigenvalue weighted by atomic mass is 16.5. The Morgan fingerprint density at radius 1 is 1.03 bits per heavy atom. The zero-order chi connectivity index (χ0) is 25.4. The molecule has 0 unspecified atom stereocenters. The second-order valence-corrected chi connectivity index (χ2v) is 9.88. The number of hydrogen-bond acceptors (Lipinski definition) is 5. The van der Waals surface area contributed by atoms with Crippen LogP contribution in [0.5, 0.6) is 0 Å². The van der Waals surface area contributed by atoms with Gasteiger partial charge in [0.2, 0.25) is 5.91 Å². The van der Waals surface area contributed by atoms with Crippen LogP contribution in [0.2, 0.25) is 0 Å². The highest BCUT2D eigenvalue weighted by Gasteiger charge is 2.40. The first-order chi connectivity index (χ1) is 16.6. The smallest absolute Gasteiger partial charge is 0.407 e.